The van der Waals surface area contributed by atoms with E-state index in [1.807, 2.05) is 38.1 Å². The van der Waals surface area contributed by atoms with Gasteiger partial charge in [-0.2, -0.15) is 5.10 Å². The van der Waals surface area contributed by atoms with Crippen LogP contribution in [-0.2, 0) is 9.53 Å². The van der Waals surface area contributed by atoms with E-state index in [1.54, 1.807) is 6.07 Å². The zero-order valence-corrected chi connectivity index (χ0v) is 17.7. The Morgan fingerprint density at radius 2 is 1.97 bits per heavy atom. The number of non-ortho nitro benzene ring substituents is 1. The molecule has 9 heteroatoms. The molecule has 0 bridgehead atoms. The number of benzene rings is 2. The first kappa shape index (κ1) is 21.8. The molecule has 1 heterocycles. The minimum absolute atomic E-state index is 0.0249. The van der Waals surface area contributed by atoms with Gasteiger partial charge in [0.25, 0.3) is 11.6 Å². The third kappa shape index (κ3) is 5.80. The van der Waals surface area contributed by atoms with Crippen molar-refractivity contribution in [2.24, 2.45) is 5.10 Å². The molecule has 1 aliphatic heterocycles. The van der Waals surface area contributed by atoms with Gasteiger partial charge in [-0.25, -0.2) is 5.43 Å². The molecule has 30 heavy (non-hydrogen) atoms. The lowest BCUT2D eigenvalue weighted by atomic mass is 10.1. The molecule has 8 nitrogen and oxygen atoms in total. The first-order valence-electron chi connectivity index (χ1n) is 9.61. The second kappa shape index (κ2) is 10.2. The molecule has 0 aromatic heterocycles. The van der Waals surface area contributed by atoms with E-state index >= 15 is 0 Å². The van der Waals surface area contributed by atoms with Crippen molar-refractivity contribution >= 4 is 35.3 Å². The van der Waals surface area contributed by atoms with Gasteiger partial charge in [0.05, 0.1) is 29.6 Å². The summed E-state index contributed by atoms with van der Waals surface area (Å²) in [5.41, 5.74) is 5.07. The van der Waals surface area contributed by atoms with Crippen LogP contribution < -0.4 is 10.3 Å². The second-order valence-electron chi connectivity index (χ2n) is 6.91. The predicted molar refractivity (Wildman–Crippen MR) is 118 cm³/mol. The molecular formula is C21H24N4O4S. The number of carbonyl (C=O) groups excluding carboxylic acids is 1. The molecule has 1 atom stereocenters. The van der Waals surface area contributed by atoms with E-state index in [0.717, 1.165) is 16.1 Å². The van der Waals surface area contributed by atoms with Crippen molar-refractivity contribution in [2.75, 3.05) is 31.2 Å². The molecule has 2 aromatic rings. The number of thioether (sulfide) groups is 1. The quantitative estimate of drug-likeness (QED) is 0.314. The van der Waals surface area contributed by atoms with Gasteiger partial charge in [-0.15, -0.1) is 11.8 Å². The summed E-state index contributed by atoms with van der Waals surface area (Å²) in [6.45, 7) is 6.39. The highest BCUT2D eigenvalue weighted by Gasteiger charge is 2.18. The minimum Gasteiger partial charge on any atom is -0.378 e. The number of ether oxygens (including phenoxy) is 1. The topological polar surface area (TPSA) is 97.1 Å². The van der Waals surface area contributed by atoms with Crippen LogP contribution in [0.3, 0.4) is 0 Å². The number of anilines is 1. The molecule has 0 saturated carbocycles. The number of nitrogens with one attached hydrogen (secondary N) is 1. The van der Waals surface area contributed by atoms with Crippen molar-refractivity contribution in [1.29, 1.82) is 0 Å². The maximum absolute atomic E-state index is 12.4. The minimum atomic E-state index is -0.445. The first-order chi connectivity index (χ1) is 14.4. The number of hydrazone groups is 1. The number of amides is 1. The van der Waals surface area contributed by atoms with Gasteiger partial charge in [-0.3, -0.25) is 14.9 Å². The Hall–Kier alpha value is -2.91. The highest BCUT2D eigenvalue weighted by atomic mass is 32.2. The monoisotopic (exact) mass is 428 g/mol. The summed E-state index contributed by atoms with van der Waals surface area (Å²) in [5, 5.41) is 14.9. The number of hydrogen-bond acceptors (Lipinski definition) is 7. The number of nitro benzene ring substituents is 1. The van der Waals surface area contributed by atoms with E-state index in [2.05, 4.69) is 15.4 Å². The molecular weight excluding hydrogens is 404 g/mol. The van der Waals surface area contributed by atoms with Crippen molar-refractivity contribution in [3.8, 4) is 0 Å². The zero-order valence-electron chi connectivity index (χ0n) is 16.9. The Morgan fingerprint density at radius 3 is 2.63 bits per heavy atom. The fraction of sp³-hybridized carbons (Fsp3) is 0.333. The van der Waals surface area contributed by atoms with Crippen molar-refractivity contribution in [1.82, 2.24) is 5.43 Å². The van der Waals surface area contributed by atoms with Gasteiger partial charge in [-0.1, -0.05) is 17.7 Å². The summed E-state index contributed by atoms with van der Waals surface area (Å²) in [6.07, 6.45) is 1.46. The predicted octanol–water partition coefficient (Wildman–Crippen LogP) is 3.37. The van der Waals surface area contributed by atoms with Gasteiger partial charge in [0.2, 0.25) is 0 Å². The van der Waals surface area contributed by atoms with Crippen molar-refractivity contribution in [3.05, 3.63) is 63.7 Å². The van der Waals surface area contributed by atoms with Crippen LogP contribution in [0, 0.1) is 17.0 Å². The van der Waals surface area contributed by atoms with Crippen LogP contribution in [0.4, 0.5) is 11.4 Å². The molecule has 1 amide bonds. The molecule has 1 saturated heterocycles. The number of morpholine rings is 1. The van der Waals surface area contributed by atoms with Gasteiger partial charge >= 0.3 is 0 Å². The summed E-state index contributed by atoms with van der Waals surface area (Å²) in [5.74, 6) is -0.241. The third-order valence-corrected chi connectivity index (χ3v) is 5.77. The Labute approximate surface area is 179 Å². The van der Waals surface area contributed by atoms with Crippen LogP contribution >= 0.6 is 11.8 Å². The number of rotatable bonds is 7. The zero-order chi connectivity index (χ0) is 21.5. The van der Waals surface area contributed by atoms with E-state index in [-0.39, 0.29) is 16.8 Å². The van der Waals surface area contributed by atoms with Crippen molar-refractivity contribution in [3.63, 3.8) is 0 Å². The van der Waals surface area contributed by atoms with Gasteiger partial charge in [-0.05, 0) is 32.0 Å². The van der Waals surface area contributed by atoms with Crippen LogP contribution in [0.15, 0.2) is 52.5 Å². The Morgan fingerprint density at radius 1 is 1.27 bits per heavy atom. The first-order valence-corrected chi connectivity index (χ1v) is 10.5. The molecule has 3 rings (SSSR count). The molecule has 1 N–H and O–H groups in total. The summed E-state index contributed by atoms with van der Waals surface area (Å²) < 4.78 is 5.37. The van der Waals surface area contributed by atoms with E-state index in [4.69, 9.17) is 4.74 Å². The summed E-state index contributed by atoms with van der Waals surface area (Å²) in [6, 6.07) is 12.6. The standard InChI is InChI=1S/C21H24N4O4S/c1-15-3-6-19(7-4-15)30-16(2)21(26)23-22-14-17-13-18(25(27)28)5-8-20(17)24-9-11-29-12-10-24/h3-8,13-14,16H,9-12H2,1-2H3,(H,23,26)/b22-14-/t16-/m1/s1. The Balaban J connectivity index is 1.68. The highest BCUT2D eigenvalue weighted by Crippen LogP contribution is 2.26. The number of nitro groups is 1. The average Bonchev–Trinajstić information content (AvgIpc) is 2.75. The molecule has 0 unspecified atom stereocenters. The molecule has 0 aliphatic carbocycles. The summed E-state index contributed by atoms with van der Waals surface area (Å²) >= 11 is 1.44. The molecule has 2 aromatic carbocycles. The van der Waals surface area contributed by atoms with Gasteiger partial charge in [0.1, 0.15) is 0 Å². The maximum Gasteiger partial charge on any atom is 0.270 e. The number of nitrogens with zero attached hydrogens (tertiary/aromatic N) is 3. The number of carbonyl (C=O) groups is 1. The third-order valence-electron chi connectivity index (χ3n) is 4.66. The lowest BCUT2D eigenvalue weighted by Gasteiger charge is -2.29. The van der Waals surface area contributed by atoms with Crippen LogP contribution in [0.5, 0.6) is 0 Å². The van der Waals surface area contributed by atoms with Crippen LogP contribution in [0.25, 0.3) is 0 Å². The molecule has 1 fully saturated rings. The van der Waals surface area contributed by atoms with Crippen molar-refractivity contribution < 1.29 is 14.5 Å². The van der Waals surface area contributed by atoms with E-state index in [1.165, 1.54) is 30.1 Å². The maximum atomic E-state index is 12.4. The fourth-order valence-corrected chi connectivity index (χ4v) is 3.84. The van der Waals surface area contributed by atoms with Gasteiger partial charge in [0.15, 0.2) is 0 Å². The van der Waals surface area contributed by atoms with Gasteiger partial charge in [0, 0.05) is 41.4 Å². The number of hydrogen-bond donors (Lipinski definition) is 1. The van der Waals surface area contributed by atoms with E-state index < -0.39 is 4.92 Å². The fourth-order valence-electron chi connectivity index (χ4n) is 2.98. The lowest BCUT2D eigenvalue weighted by molar-refractivity contribution is -0.384. The highest BCUT2D eigenvalue weighted by molar-refractivity contribution is 8.00. The second-order valence-corrected chi connectivity index (χ2v) is 8.32. The summed E-state index contributed by atoms with van der Waals surface area (Å²) in [7, 11) is 0. The average molecular weight is 429 g/mol. The van der Waals surface area contributed by atoms with E-state index in [9.17, 15) is 14.9 Å². The van der Waals surface area contributed by atoms with Crippen molar-refractivity contribution in [2.45, 2.75) is 24.0 Å². The molecule has 0 radical (unpaired) electrons. The van der Waals surface area contributed by atoms with Crippen LogP contribution in [-0.4, -0.2) is 48.6 Å². The largest absolute Gasteiger partial charge is 0.378 e. The molecule has 0 spiro atoms. The number of aryl methyl sites for hydroxylation is 1. The Bertz CT molecular complexity index is 927. The van der Waals surface area contributed by atoms with Crippen LogP contribution in [0.1, 0.15) is 18.1 Å². The smallest absolute Gasteiger partial charge is 0.270 e. The molecule has 1 aliphatic rings. The SMILES string of the molecule is Cc1ccc(S[C@H](C)C(=O)N/N=C\c2cc([N+](=O)[O-])ccc2N2CCOCC2)cc1. The van der Waals surface area contributed by atoms with Gasteiger partial charge < -0.3 is 9.64 Å². The lowest BCUT2D eigenvalue weighted by Crippen LogP contribution is -2.36. The Kier molecular flexibility index (Phi) is 7.42. The normalized spacial score (nSPS) is 15.2. The summed E-state index contributed by atoms with van der Waals surface area (Å²) in [4.78, 5) is 26.2. The van der Waals surface area contributed by atoms with Crippen LogP contribution in [0.2, 0.25) is 0 Å². The molecule has 158 valence electrons. The van der Waals surface area contributed by atoms with E-state index in [0.29, 0.717) is 31.9 Å².